The monoisotopic (exact) mass is 464 g/mol. The minimum absolute atomic E-state index is 0.135. The second-order valence-electron chi connectivity index (χ2n) is 8.30. The summed E-state index contributed by atoms with van der Waals surface area (Å²) in [6.07, 6.45) is 0.439. The van der Waals surface area contributed by atoms with E-state index in [0.29, 0.717) is 44.0 Å². The van der Waals surface area contributed by atoms with Crippen LogP contribution < -0.4 is 15.8 Å². The van der Waals surface area contributed by atoms with E-state index in [1.54, 1.807) is 6.07 Å². The van der Waals surface area contributed by atoms with E-state index in [0.717, 1.165) is 28.0 Å². The van der Waals surface area contributed by atoms with Crippen molar-refractivity contribution in [1.82, 2.24) is 0 Å². The molecule has 0 saturated carbocycles. The van der Waals surface area contributed by atoms with Crippen LogP contribution in [0.25, 0.3) is 11.1 Å². The second kappa shape index (κ2) is 12.2. The van der Waals surface area contributed by atoms with E-state index < -0.39 is 5.91 Å². The molecule has 5 nitrogen and oxygen atoms in total. The molecule has 6 heteroatoms. The molecule has 0 aliphatic heterocycles. The highest BCUT2D eigenvalue weighted by atomic mass is 19.1. The highest BCUT2D eigenvalue weighted by molar-refractivity contribution is 5.74. The summed E-state index contributed by atoms with van der Waals surface area (Å²) in [4.78, 5) is 10.9. The fourth-order valence-electron chi connectivity index (χ4n) is 3.98. The number of carbonyl (C=O) groups is 1. The first-order chi connectivity index (χ1) is 16.4. The van der Waals surface area contributed by atoms with Crippen LogP contribution in [0.4, 0.5) is 10.1 Å². The summed E-state index contributed by atoms with van der Waals surface area (Å²) in [6.45, 7) is 8.49. The SMILES string of the molecule is CCOCCOc1cc(C)c(-c2cccc(CNc3ccc(CCC(N)=O)c(F)c3)c2)c(C)c1. The van der Waals surface area contributed by atoms with Gasteiger partial charge in [0.15, 0.2) is 0 Å². The number of rotatable bonds is 12. The number of benzene rings is 3. The molecule has 3 aromatic carbocycles. The normalized spacial score (nSPS) is 10.8. The van der Waals surface area contributed by atoms with Crippen LogP contribution in [-0.4, -0.2) is 25.7 Å². The minimum atomic E-state index is -0.435. The van der Waals surface area contributed by atoms with Gasteiger partial charge < -0.3 is 20.5 Å². The maximum Gasteiger partial charge on any atom is 0.217 e. The molecule has 0 heterocycles. The van der Waals surface area contributed by atoms with Crippen LogP contribution in [0.2, 0.25) is 0 Å². The third-order valence-electron chi connectivity index (χ3n) is 5.61. The van der Waals surface area contributed by atoms with Crippen molar-refractivity contribution in [2.75, 3.05) is 25.1 Å². The number of hydrogen-bond acceptors (Lipinski definition) is 4. The molecule has 34 heavy (non-hydrogen) atoms. The number of anilines is 1. The molecular weight excluding hydrogens is 431 g/mol. The lowest BCUT2D eigenvalue weighted by molar-refractivity contribution is -0.117. The summed E-state index contributed by atoms with van der Waals surface area (Å²) in [5.74, 6) is 0.0723. The highest BCUT2D eigenvalue weighted by Crippen LogP contribution is 2.31. The van der Waals surface area contributed by atoms with E-state index in [9.17, 15) is 9.18 Å². The zero-order chi connectivity index (χ0) is 24.5. The van der Waals surface area contributed by atoms with Crippen molar-refractivity contribution in [3.05, 3.63) is 82.7 Å². The fourth-order valence-corrected chi connectivity index (χ4v) is 3.98. The zero-order valence-corrected chi connectivity index (χ0v) is 20.1. The average molecular weight is 465 g/mol. The third kappa shape index (κ3) is 7.06. The van der Waals surface area contributed by atoms with Crippen molar-refractivity contribution < 1.29 is 18.7 Å². The smallest absolute Gasteiger partial charge is 0.217 e. The molecule has 0 unspecified atom stereocenters. The van der Waals surface area contributed by atoms with Gasteiger partial charge in [0.2, 0.25) is 5.91 Å². The number of aryl methyl sites for hydroxylation is 3. The number of amides is 1. The second-order valence-corrected chi connectivity index (χ2v) is 8.30. The first-order valence-electron chi connectivity index (χ1n) is 11.6. The predicted octanol–water partition coefficient (Wildman–Crippen LogP) is 5.55. The van der Waals surface area contributed by atoms with Crippen molar-refractivity contribution in [1.29, 1.82) is 0 Å². The zero-order valence-electron chi connectivity index (χ0n) is 20.1. The number of nitrogens with one attached hydrogen (secondary N) is 1. The molecule has 0 spiro atoms. The van der Waals surface area contributed by atoms with Gasteiger partial charge >= 0.3 is 0 Å². The van der Waals surface area contributed by atoms with Crippen LogP contribution in [0.3, 0.4) is 0 Å². The van der Waals surface area contributed by atoms with Gasteiger partial charge in [-0.3, -0.25) is 4.79 Å². The Kier molecular flexibility index (Phi) is 9.05. The Morgan fingerprint density at radius 1 is 1.03 bits per heavy atom. The lowest BCUT2D eigenvalue weighted by Crippen LogP contribution is -2.11. The van der Waals surface area contributed by atoms with Crippen LogP contribution in [-0.2, 0) is 22.5 Å². The first kappa shape index (κ1) is 25.2. The maximum absolute atomic E-state index is 14.3. The van der Waals surface area contributed by atoms with Crippen LogP contribution in [0, 0.1) is 19.7 Å². The maximum atomic E-state index is 14.3. The molecule has 0 aromatic heterocycles. The van der Waals surface area contributed by atoms with Gasteiger partial charge in [-0.2, -0.15) is 0 Å². The molecule has 3 N–H and O–H groups in total. The van der Waals surface area contributed by atoms with Gasteiger partial charge in [-0.1, -0.05) is 24.3 Å². The van der Waals surface area contributed by atoms with E-state index >= 15 is 0 Å². The van der Waals surface area contributed by atoms with Gasteiger partial charge in [-0.15, -0.1) is 0 Å². The Balaban J connectivity index is 1.68. The minimum Gasteiger partial charge on any atom is -0.491 e. The first-order valence-corrected chi connectivity index (χ1v) is 11.6. The summed E-state index contributed by atoms with van der Waals surface area (Å²) in [5, 5.41) is 3.28. The predicted molar refractivity (Wildman–Crippen MR) is 135 cm³/mol. The number of hydrogen-bond donors (Lipinski definition) is 2. The van der Waals surface area contributed by atoms with Gasteiger partial charge in [-0.05, 0) is 90.9 Å². The Morgan fingerprint density at radius 3 is 2.47 bits per heavy atom. The van der Waals surface area contributed by atoms with E-state index in [-0.39, 0.29) is 12.2 Å². The van der Waals surface area contributed by atoms with E-state index in [2.05, 4.69) is 43.4 Å². The number of ether oxygens (including phenoxy) is 2. The van der Waals surface area contributed by atoms with Crippen molar-refractivity contribution in [3.8, 4) is 16.9 Å². The van der Waals surface area contributed by atoms with Gasteiger partial charge in [0.25, 0.3) is 0 Å². The number of carbonyl (C=O) groups excluding carboxylic acids is 1. The number of nitrogens with two attached hydrogens (primary N) is 1. The quantitative estimate of drug-likeness (QED) is 0.345. The van der Waals surface area contributed by atoms with E-state index in [1.807, 2.05) is 25.1 Å². The van der Waals surface area contributed by atoms with Gasteiger partial charge in [0.1, 0.15) is 18.2 Å². The summed E-state index contributed by atoms with van der Waals surface area (Å²) in [6, 6.07) is 17.4. The van der Waals surface area contributed by atoms with Crippen LogP contribution in [0.5, 0.6) is 5.75 Å². The van der Waals surface area contributed by atoms with E-state index in [1.165, 1.54) is 11.6 Å². The molecule has 3 aromatic rings. The van der Waals surface area contributed by atoms with Crippen molar-refractivity contribution >= 4 is 11.6 Å². The lowest BCUT2D eigenvalue weighted by Gasteiger charge is -2.15. The lowest BCUT2D eigenvalue weighted by atomic mass is 9.94. The Bertz CT molecular complexity index is 1110. The molecule has 0 aliphatic carbocycles. The summed E-state index contributed by atoms with van der Waals surface area (Å²) < 4.78 is 25.5. The summed E-state index contributed by atoms with van der Waals surface area (Å²) >= 11 is 0. The van der Waals surface area contributed by atoms with Crippen LogP contribution in [0.1, 0.15) is 35.6 Å². The topological polar surface area (TPSA) is 73.6 Å². The number of primary amides is 1. The summed E-state index contributed by atoms with van der Waals surface area (Å²) in [5.41, 5.74) is 12.0. The average Bonchev–Trinajstić information content (AvgIpc) is 2.80. The molecular formula is C28H33FN2O3. The highest BCUT2D eigenvalue weighted by Gasteiger charge is 2.10. The molecule has 180 valence electrons. The van der Waals surface area contributed by atoms with Crippen LogP contribution >= 0.6 is 0 Å². The van der Waals surface area contributed by atoms with Crippen molar-refractivity contribution in [3.63, 3.8) is 0 Å². The molecule has 3 rings (SSSR count). The van der Waals surface area contributed by atoms with E-state index in [4.69, 9.17) is 15.2 Å². The molecule has 0 saturated heterocycles. The Morgan fingerprint density at radius 2 is 1.79 bits per heavy atom. The third-order valence-corrected chi connectivity index (χ3v) is 5.61. The Labute approximate surface area is 201 Å². The molecule has 0 bridgehead atoms. The molecule has 0 aliphatic rings. The van der Waals surface area contributed by atoms with Gasteiger partial charge in [-0.25, -0.2) is 4.39 Å². The number of halogens is 1. The summed E-state index contributed by atoms with van der Waals surface area (Å²) in [7, 11) is 0. The van der Waals surface area contributed by atoms with Crippen LogP contribution in [0.15, 0.2) is 54.6 Å². The molecule has 0 fully saturated rings. The largest absolute Gasteiger partial charge is 0.491 e. The van der Waals surface area contributed by atoms with Crippen molar-refractivity contribution in [2.45, 2.75) is 40.2 Å². The standard InChI is InChI=1S/C28H33FN2O3/c1-4-33-12-13-34-25-14-19(2)28(20(3)15-25)23-7-5-6-21(16-23)18-31-24-10-8-22(26(29)17-24)9-11-27(30)32/h5-8,10,14-17,31H,4,9,11-13,18H2,1-3H3,(H2,30,32). The molecule has 0 atom stereocenters. The van der Waals surface area contributed by atoms with Gasteiger partial charge in [0, 0.05) is 25.3 Å². The fraction of sp³-hybridized carbons (Fsp3) is 0.321. The molecule has 0 radical (unpaired) electrons. The van der Waals surface area contributed by atoms with Gasteiger partial charge in [0.05, 0.1) is 6.61 Å². The Hall–Kier alpha value is -3.38. The van der Waals surface area contributed by atoms with Crippen molar-refractivity contribution in [2.24, 2.45) is 5.73 Å². The molecule has 1 amide bonds.